The second kappa shape index (κ2) is 8.92. The summed E-state index contributed by atoms with van der Waals surface area (Å²) in [5.41, 5.74) is -1.76. The lowest BCUT2D eigenvalue weighted by molar-refractivity contribution is -0.385. The van der Waals surface area contributed by atoms with Crippen molar-refractivity contribution in [3.8, 4) is 11.6 Å². The second-order valence-electron chi connectivity index (χ2n) is 5.54. The maximum absolute atomic E-state index is 12.7. The lowest BCUT2D eigenvalue weighted by Gasteiger charge is -2.12. The van der Waals surface area contributed by atoms with Crippen molar-refractivity contribution < 1.29 is 42.4 Å². The Bertz CT molecular complexity index is 1010. The van der Waals surface area contributed by atoms with Crippen molar-refractivity contribution in [3.63, 3.8) is 0 Å². The summed E-state index contributed by atoms with van der Waals surface area (Å²) in [5.74, 6) is -3.02. The van der Waals surface area contributed by atoms with Crippen molar-refractivity contribution in [1.29, 1.82) is 0 Å². The molecule has 2 aromatic rings. The highest BCUT2D eigenvalue weighted by Gasteiger charge is 2.32. The molecule has 1 heterocycles. The van der Waals surface area contributed by atoms with Gasteiger partial charge >= 0.3 is 12.1 Å². The number of methoxy groups -OCH3 is 1. The highest BCUT2D eigenvalue weighted by Crippen LogP contribution is 2.36. The van der Waals surface area contributed by atoms with Crippen molar-refractivity contribution in [2.75, 3.05) is 7.11 Å². The van der Waals surface area contributed by atoms with Gasteiger partial charge in [-0.3, -0.25) is 24.9 Å². The van der Waals surface area contributed by atoms with E-state index in [1.54, 1.807) is 0 Å². The topological polar surface area (TPSA) is 141 Å². The summed E-state index contributed by atoms with van der Waals surface area (Å²) in [5, 5.41) is 19.7. The quantitative estimate of drug-likeness (QED) is 0.296. The number of hydrogen-bond acceptors (Lipinski definition) is 8. The largest absolute Gasteiger partial charge is 0.469 e. The number of ether oxygens (including phenoxy) is 2. The molecule has 30 heavy (non-hydrogen) atoms. The fourth-order valence-electron chi connectivity index (χ4n) is 2.30. The minimum atomic E-state index is -4.71. The van der Waals surface area contributed by atoms with Crippen LogP contribution in [0, 0.1) is 10.1 Å². The Kier molecular flexibility index (Phi) is 6.79. The summed E-state index contributed by atoms with van der Waals surface area (Å²) in [7, 11) is 1.03. The Morgan fingerprint density at radius 1 is 1.33 bits per heavy atom. The van der Waals surface area contributed by atoms with Gasteiger partial charge in [-0.15, -0.1) is 0 Å². The molecule has 0 spiro atoms. The van der Waals surface area contributed by atoms with E-state index in [0.29, 0.717) is 12.3 Å². The molecule has 2 rings (SSSR count). The van der Waals surface area contributed by atoms with Gasteiger partial charge in [-0.05, 0) is 12.1 Å². The molecule has 0 aliphatic heterocycles. The molecule has 0 aliphatic rings. The molecule has 0 unspecified atom stereocenters. The van der Waals surface area contributed by atoms with Crippen LogP contribution in [0.2, 0.25) is 5.02 Å². The molecule has 2 N–H and O–H groups in total. The number of amides is 1. The van der Waals surface area contributed by atoms with Gasteiger partial charge in [0.05, 0.1) is 24.0 Å². The van der Waals surface area contributed by atoms with E-state index in [2.05, 4.69) is 9.72 Å². The number of esters is 1. The summed E-state index contributed by atoms with van der Waals surface area (Å²) in [6.45, 7) is 0. The molecule has 0 saturated heterocycles. The number of carbonyl (C=O) groups is 2. The van der Waals surface area contributed by atoms with Crippen molar-refractivity contribution in [2.24, 2.45) is 0 Å². The molecule has 10 nitrogen and oxygen atoms in total. The molecule has 1 aromatic heterocycles. The van der Waals surface area contributed by atoms with Crippen LogP contribution in [-0.4, -0.2) is 34.1 Å². The number of halogens is 4. The molecule has 0 atom stereocenters. The molecule has 0 radical (unpaired) electrons. The van der Waals surface area contributed by atoms with Crippen LogP contribution < -0.4 is 10.2 Å². The van der Waals surface area contributed by atoms with E-state index >= 15 is 0 Å². The average Bonchev–Trinajstić information content (AvgIpc) is 2.67. The summed E-state index contributed by atoms with van der Waals surface area (Å²) in [6.07, 6.45) is -4.91. The van der Waals surface area contributed by atoms with Crippen molar-refractivity contribution >= 4 is 29.2 Å². The molecule has 1 amide bonds. The standard InChI is InChI=1S/C16H11ClF3N3O7/c1-29-12(24)3-7-2-9(5-10(14(25)22-26)13(7)23(27)28)30-15-11(17)4-8(6-21-15)16(18,19)20/h2,4-6,26H,3H2,1H3,(H,22,25). The molecular formula is C16H11ClF3N3O7. The maximum atomic E-state index is 12.7. The van der Waals surface area contributed by atoms with E-state index in [0.717, 1.165) is 19.2 Å². The predicted octanol–water partition coefficient (Wildman–Crippen LogP) is 3.29. The van der Waals surface area contributed by atoms with Gasteiger partial charge in [0, 0.05) is 17.8 Å². The first kappa shape index (κ1) is 22.8. The van der Waals surface area contributed by atoms with E-state index in [-0.39, 0.29) is 11.3 Å². The fraction of sp³-hybridized carbons (Fsp3) is 0.188. The molecule has 0 saturated carbocycles. The number of hydroxylamine groups is 1. The first-order valence-electron chi connectivity index (χ1n) is 7.71. The van der Waals surface area contributed by atoms with E-state index in [9.17, 15) is 32.9 Å². The molecule has 160 valence electrons. The van der Waals surface area contributed by atoms with Gasteiger partial charge in [0.15, 0.2) is 0 Å². The second-order valence-corrected chi connectivity index (χ2v) is 5.95. The molecule has 0 bridgehead atoms. The molecule has 14 heteroatoms. The van der Waals surface area contributed by atoms with Crippen LogP contribution in [0.1, 0.15) is 21.5 Å². The number of nitrogens with one attached hydrogen (secondary N) is 1. The van der Waals surface area contributed by atoms with E-state index in [1.165, 1.54) is 5.48 Å². The Labute approximate surface area is 170 Å². The molecule has 1 aromatic carbocycles. The van der Waals surface area contributed by atoms with E-state index in [4.69, 9.17) is 21.5 Å². The zero-order valence-corrected chi connectivity index (χ0v) is 15.6. The molecule has 0 aliphatic carbocycles. The normalized spacial score (nSPS) is 11.0. The lowest BCUT2D eigenvalue weighted by atomic mass is 10.0. The van der Waals surface area contributed by atoms with Crippen LogP contribution in [0.25, 0.3) is 0 Å². The van der Waals surface area contributed by atoms with Gasteiger partial charge in [-0.2, -0.15) is 13.2 Å². The zero-order valence-electron chi connectivity index (χ0n) is 14.8. The number of benzene rings is 1. The fourth-order valence-corrected chi connectivity index (χ4v) is 2.51. The Balaban J connectivity index is 2.57. The summed E-state index contributed by atoms with van der Waals surface area (Å²) in [6, 6.07) is 2.35. The number of nitro benzene ring substituents is 1. The molecular weight excluding hydrogens is 439 g/mol. The van der Waals surface area contributed by atoms with Crippen LogP contribution in [0.15, 0.2) is 24.4 Å². The van der Waals surface area contributed by atoms with Gasteiger partial charge in [0.2, 0.25) is 5.88 Å². The Morgan fingerprint density at radius 2 is 2.00 bits per heavy atom. The predicted molar refractivity (Wildman–Crippen MR) is 92.4 cm³/mol. The first-order chi connectivity index (χ1) is 14.0. The number of rotatable bonds is 6. The van der Waals surface area contributed by atoms with Crippen LogP contribution in [0.4, 0.5) is 18.9 Å². The monoisotopic (exact) mass is 449 g/mol. The van der Waals surface area contributed by atoms with Crippen molar-refractivity contribution in [2.45, 2.75) is 12.6 Å². The summed E-state index contributed by atoms with van der Waals surface area (Å²) < 4.78 is 47.9. The Morgan fingerprint density at radius 3 is 2.50 bits per heavy atom. The minimum Gasteiger partial charge on any atom is -0.469 e. The SMILES string of the molecule is COC(=O)Cc1cc(Oc2ncc(C(F)(F)F)cc2Cl)cc(C(=O)NO)c1[N+](=O)[O-]. The highest BCUT2D eigenvalue weighted by atomic mass is 35.5. The molecule has 0 fully saturated rings. The van der Waals surface area contributed by atoms with E-state index in [1.807, 2.05) is 0 Å². The number of alkyl halides is 3. The summed E-state index contributed by atoms with van der Waals surface area (Å²) >= 11 is 5.75. The third-order valence-corrected chi connectivity index (χ3v) is 3.87. The smallest absolute Gasteiger partial charge is 0.417 e. The van der Waals surface area contributed by atoms with Gasteiger partial charge in [-0.1, -0.05) is 11.6 Å². The van der Waals surface area contributed by atoms with Gasteiger partial charge in [-0.25, -0.2) is 10.5 Å². The average molecular weight is 450 g/mol. The first-order valence-corrected chi connectivity index (χ1v) is 8.08. The number of nitrogens with zero attached hydrogens (tertiary/aromatic N) is 2. The lowest BCUT2D eigenvalue weighted by Crippen LogP contribution is -2.21. The number of aromatic nitrogens is 1. The third kappa shape index (κ3) is 5.12. The van der Waals surface area contributed by atoms with Crippen molar-refractivity contribution in [1.82, 2.24) is 10.5 Å². The number of hydrogen-bond donors (Lipinski definition) is 2. The highest BCUT2D eigenvalue weighted by molar-refractivity contribution is 6.31. The Hall–Kier alpha value is -3.45. The van der Waals surface area contributed by atoms with Gasteiger partial charge < -0.3 is 9.47 Å². The van der Waals surface area contributed by atoms with Crippen molar-refractivity contribution in [3.05, 3.63) is 56.2 Å². The zero-order chi connectivity index (χ0) is 22.6. The van der Waals surface area contributed by atoms with Crippen LogP contribution in [0.5, 0.6) is 11.6 Å². The number of nitro groups is 1. The van der Waals surface area contributed by atoms with Crippen LogP contribution in [-0.2, 0) is 22.1 Å². The van der Waals surface area contributed by atoms with Crippen LogP contribution >= 0.6 is 11.6 Å². The van der Waals surface area contributed by atoms with Gasteiger partial charge in [0.1, 0.15) is 16.3 Å². The summed E-state index contributed by atoms with van der Waals surface area (Å²) in [4.78, 5) is 37.3. The van der Waals surface area contributed by atoms with Crippen LogP contribution in [0.3, 0.4) is 0 Å². The number of pyridine rings is 1. The minimum absolute atomic E-state index is 0.327. The van der Waals surface area contributed by atoms with E-state index < -0.39 is 57.1 Å². The third-order valence-electron chi connectivity index (χ3n) is 3.60. The number of carbonyl (C=O) groups excluding carboxylic acids is 2. The van der Waals surface area contributed by atoms with Gasteiger partial charge in [0.25, 0.3) is 11.6 Å². The maximum Gasteiger partial charge on any atom is 0.417 e.